The second-order valence-electron chi connectivity index (χ2n) is 8.93. The van der Waals surface area contributed by atoms with E-state index in [0.717, 1.165) is 15.6 Å². The topological polar surface area (TPSA) is 69.9 Å². The van der Waals surface area contributed by atoms with Gasteiger partial charge < -0.3 is 9.47 Å². The van der Waals surface area contributed by atoms with E-state index in [1.807, 2.05) is 48.5 Å². The van der Waals surface area contributed by atoms with Crippen LogP contribution in [0.2, 0.25) is 10.0 Å². The van der Waals surface area contributed by atoms with E-state index in [1.54, 1.807) is 38.1 Å². The van der Waals surface area contributed by atoms with Gasteiger partial charge in [0.15, 0.2) is 4.80 Å². The van der Waals surface area contributed by atoms with Crippen LogP contribution in [0.25, 0.3) is 6.08 Å². The van der Waals surface area contributed by atoms with E-state index >= 15 is 0 Å². The van der Waals surface area contributed by atoms with E-state index in [1.165, 1.54) is 15.9 Å². The van der Waals surface area contributed by atoms with Gasteiger partial charge in [-0.05, 0) is 82.9 Å². The first-order valence-corrected chi connectivity index (χ1v) is 14.7. The van der Waals surface area contributed by atoms with Gasteiger partial charge in [-0.3, -0.25) is 9.36 Å². The molecule has 10 heteroatoms. The van der Waals surface area contributed by atoms with Crippen LogP contribution in [0.1, 0.15) is 36.6 Å². The molecule has 6 nitrogen and oxygen atoms in total. The van der Waals surface area contributed by atoms with Crippen LogP contribution in [0.4, 0.5) is 0 Å². The van der Waals surface area contributed by atoms with Crippen LogP contribution in [-0.2, 0) is 16.1 Å². The molecule has 1 aromatic heterocycles. The molecule has 40 heavy (non-hydrogen) atoms. The molecule has 5 rings (SSSR count). The molecule has 2 heterocycles. The molecule has 0 spiro atoms. The second-order valence-corrected chi connectivity index (χ2v) is 11.6. The fourth-order valence-corrected chi connectivity index (χ4v) is 6.46. The Balaban J connectivity index is 1.53. The van der Waals surface area contributed by atoms with Crippen LogP contribution < -0.4 is 19.6 Å². The maximum Gasteiger partial charge on any atom is 0.338 e. The lowest BCUT2D eigenvalue weighted by atomic mass is 9.96. The molecule has 1 aliphatic rings. The molecule has 0 N–H and O–H groups in total. The van der Waals surface area contributed by atoms with Crippen LogP contribution in [0.15, 0.2) is 92.3 Å². The number of esters is 1. The zero-order valence-electron chi connectivity index (χ0n) is 21.5. The Morgan fingerprint density at radius 3 is 2.65 bits per heavy atom. The highest BCUT2D eigenvalue weighted by molar-refractivity contribution is 9.10. The number of hydrogen-bond donors (Lipinski definition) is 0. The summed E-state index contributed by atoms with van der Waals surface area (Å²) >= 11 is 17.5. The number of halogens is 3. The van der Waals surface area contributed by atoms with Crippen LogP contribution in [0.3, 0.4) is 0 Å². The number of carbonyl (C=O) groups excluding carboxylic acids is 1. The molecule has 0 fully saturated rings. The number of rotatable bonds is 7. The van der Waals surface area contributed by atoms with Crippen molar-refractivity contribution in [3.8, 4) is 5.75 Å². The smallest absolute Gasteiger partial charge is 0.338 e. The molecular weight excluding hydrogens is 635 g/mol. The molecule has 1 aliphatic heterocycles. The van der Waals surface area contributed by atoms with E-state index in [-0.39, 0.29) is 17.7 Å². The number of ether oxygens (including phenoxy) is 2. The first-order valence-electron chi connectivity index (χ1n) is 12.4. The number of thiazole rings is 1. The number of benzene rings is 3. The lowest BCUT2D eigenvalue weighted by Gasteiger charge is -2.25. The summed E-state index contributed by atoms with van der Waals surface area (Å²) in [5, 5.41) is 1.09. The molecule has 0 bridgehead atoms. The minimum atomic E-state index is -0.764. The van der Waals surface area contributed by atoms with Crippen LogP contribution >= 0.6 is 50.5 Å². The van der Waals surface area contributed by atoms with E-state index in [4.69, 9.17) is 32.7 Å². The van der Waals surface area contributed by atoms with Gasteiger partial charge >= 0.3 is 5.97 Å². The first kappa shape index (κ1) is 28.4. The number of carbonyl (C=O) groups is 1. The maximum absolute atomic E-state index is 13.8. The van der Waals surface area contributed by atoms with Gasteiger partial charge in [-0.1, -0.05) is 70.9 Å². The van der Waals surface area contributed by atoms with Gasteiger partial charge in [0.2, 0.25) is 0 Å². The van der Waals surface area contributed by atoms with E-state index in [9.17, 15) is 9.59 Å². The molecule has 0 unspecified atom stereocenters. The molecule has 4 aromatic rings. The molecule has 0 radical (unpaired) electrons. The van der Waals surface area contributed by atoms with Gasteiger partial charge in [0.25, 0.3) is 5.56 Å². The molecule has 0 saturated heterocycles. The average molecular weight is 658 g/mol. The van der Waals surface area contributed by atoms with E-state index < -0.39 is 12.0 Å². The van der Waals surface area contributed by atoms with Crippen molar-refractivity contribution in [2.24, 2.45) is 4.99 Å². The summed E-state index contributed by atoms with van der Waals surface area (Å²) in [7, 11) is 0. The minimum Gasteiger partial charge on any atom is -0.488 e. The maximum atomic E-state index is 13.8. The Labute approximate surface area is 252 Å². The Morgan fingerprint density at radius 2 is 1.93 bits per heavy atom. The average Bonchev–Trinajstić information content (AvgIpc) is 3.22. The lowest BCUT2D eigenvalue weighted by molar-refractivity contribution is -0.139. The van der Waals surface area contributed by atoms with Gasteiger partial charge in [0, 0.05) is 10.0 Å². The normalized spacial score (nSPS) is 15.0. The summed E-state index contributed by atoms with van der Waals surface area (Å²) in [5.41, 5.74) is 2.87. The van der Waals surface area contributed by atoms with Gasteiger partial charge in [-0.25, -0.2) is 9.79 Å². The summed E-state index contributed by atoms with van der Waals surface area (Å²) in [4.78, 5) is 31.9. The first-order chi connectivity index (χ1) is 19.3. The van der Waals surface area contributed by atoms with Crippen molar-refractivity contribution in [1.29, 1.82) is 0 Å². The van der Waals surface area contributed by atoms with Gasteiger partial charge in [0.05, 0.1) is 26.9 Å². The number of nitrogens with zero attached hydrogens (tertiary/aromatic N) is 2. The van der Waals surface area contributed by atoms with Crippen molar-refractivity contribution in [2.75, 3.05) is 6.61 Å². The molecule has 0 amide bonds. The number of hydrogen-bond acceptors (Lipinski definition) is 6. The largest absolute Gasteiger partial charge is 0.488 e. The van der Waals surface area contributed by atoms with E-state index in [2.05, 4.69) is 20.9 Å². The van der Waals surface area contributed by atoms with Crippen molar-refractivity contribution in [3.05, 3.63) is 129 Å². The monoisotopic (exact) mass is 656 g/mol. The molecular formula is C30H23BrCl2N2O4S. The van der Waals surface area contributed by atoms with Crippen LogP contribution in [0.5, 0.6) is 5.75 Å². The molecule has 1 atom stereocenters. The molecule has 0 saturated carbocycles. The van der Waals surface area contributed by atoms with Crippen molar-refractivity contribution < 1.29 is 14.3 Å². The minimum absolute atomic E-state index is 0.197. The van der Waals surface area contributed by atoms with E-state index in [0.29, 0.717) is 43.0 Å². The van der Waals surface area contributed by atoms with Crippen molar-refractivity contribution in [2.45, 2.75) is 26.5 Å². The third-order valence-electron chi connectivity index (χ3n) is 6.25. The van der Waals surface area contributed by atoms with Gasteiger partial charge in [-0.2, -0.15) is 0 Å². The number of allylic oxidation sites excluding steroid dienone is 1. The highest BCUT2D eigenvalue weighted by Crippen LogP contribution is 2.34. The van der Waals surface area contributed by atoms with Crippen LogP contribution in [-0.4, -0.2) is 17.1 Å². The Kier molecular flexibility index (Phi) is 8.61. The number of aromatic nitrogens is 1. The van der Waals surface area contributed by atoms with Gasteiger partial charge in [-0.15, -0.1) is 0 Å². The SMILES string of the molecule is CCOC(=O)C1=C(C)N=c2s/c(=C\c3ccc(OCc4cccc(Cl)c4)c(Br)c3)c(=O)n2[C@@H]1c1ccccc1Cl. The van der Waals surface area contributed by atoms with Crippen molar-refractivity contribution in [3.63, 3.8) is 0 Å². The fraction of sp³-hybridized carbons (Fsp3) is 0.167. The Hall–Kier alpha value is -3.17. The molecule has 0 aliphatic carbocycles. The predicted molar refractivity (Wildman–Crippen MR) is 162 cm³/mol. The second kappa shape index (κ2) is 12.1. The summed E-state index contributed by atoms with van der Waals surface area (Å²) in [6.45, 7) is 4.04. The third-order valence-corrected chi connectivity index (χ3v) is 8.44. The summed E-state index contributed by atoms with van der Waals surface area (Å²) in [6.07, 6.45) is 1.79. The predicted octanol–water partition coefficient (Wildman–Crippen LogP) is 6.45. The standard InChI is InChI=1S/C30H23BrCl2N2O4S/c1-3-38-29(37)26-17(2)34-30-35(27(26)21-9-4-5-10-23(21)33)28(36)25(40-30)15-18-11-12-24(22(31)14-18)39-16-19-7-6-8-20(32)13-19/h4-15,27H,3,16H2,1-2H3/b25-15-/t27-/m1/s1. The van der Waals surface area contributed by atoms with Crippen molar-refractivity contribution in [1.82, 2.24) is 4.57 Å². The highest BCUT2D eigenvalue weighted by atomic mass is 79.9. The van der Waals surface area contributed by atoms with Gasteiger partial charge in [0.1, 0.15) is 18.4 Å². The zero-order chi connectivity index (χ0) is 28.4. The highest BCUT2D eigenvalue weighted by Gasteiger charge is 2.34. The molecule has 3 aromatic carbocycles. The lowest BCUT2D eigenvalue weighted by Crippen LogP contribution is -2.40. The summed E-state index contributed by atoms with van der Waals surface area (Å²) in [5.74, 6) is 0.132. The van der Waals surface area contributed by atoms with Crippen molar-refractivity contribution >= 4 is 62.5 Å². The fourth-order valence-electron chi connectivity index (χ4n) is 4.45. The quantitative estimate of drug-likeness (QED) is 0.214. The molecule has 204 valence electrons. The zero-order valence-corrected chi connectivity index (χ0v) is 25.4. The van der Waals surface area contributed by atoms with Crippen LogP contribution in [0, 0.1) is 0 Å². The summed E-state index contributed by atoms with van der Waals surface area (Å²) < 4.78 is 14.0. The third kappa shape index (κ3) is 5.81. The Morgan fingerprint density at radius 1 is 1.12 bits per heavy atom. The summed E-state index contributed by atoms with van der Waals surface area (Å²) in [6, 6.07) is 19.5. The Bertz CT molecular complexity index is 1830. The number of fused-ring (bicyclic) bond motifs is 1.